The Bertz CT molecular complexity index is 460. The van der Waals surface area contributed by atoms with E-state index in [0.717, 1.165) is 5.56 Å². The van der Waals surface area contributed by atoms with E-state index in [1.807, 2.05) is 13.0 Å². The molecule has 0 spiro atoms. The van der Waals surface area contributed by atoms with Gasteiger partial charge < -0.3 is 10.4 Å². The van der Waals surface area contributed by atoms with Gasteiger partial charge >= 0.3 is 0 Å². The number of aromatic hydroxyl groups is 1. The van der Waals surface area contributed by atoms with Crippen molar-refractivity contribution in [3.8, 4) is 5.75 Å². The number of phenols is 1. The fourth-order valence-electron chi connectivity index (χ4n) is 1.50. The van der Waals surface area contributed by atoms with E-state index in [9.17, 15) is 13.5 Å². The molecule has 1 rings (SSSR count). The molecule has 0 aliphatic carbocycles. The SMILES string of the molecule is CC(NCCCS(N)(=O)=O)c1cccc(O)c1. The van der Waals surface area contributed by atoms with Crippen LogP contribution in [0.25, 0.3) is 0 Å². The summed E-state index contributed by atoms with van der Waals surface area (Å²) in [4.78, 5) is 0. The van der Waals surface area contributed by atoms with Crippen LogP contribution < -0.4 is 10.5 Å². The third-order valence-corrected chi connectivity index (χ3v) is 3.28. The lowest BCUT2D eigenvalue weighted by Crippen LogP contribution is -2.24. The molecule has 1 unspecified atom stereocenters. The van der Waals surface area contributed by atoms with E-state index in [4.69, 9.17) is 5.14 Å². The molecule has 1 atom stereocenters. The lowest BCUT2D eigenvalue weighted by atomic mass is 10.1. The summed E-state index contributed by atoms with van der Waals surface area (Å²) in [7, 11) is -3.37. The Hall–Kier alpha value is -1.11. The average Bonchev–Trinajstić information content (AvgIpc) is 2.23. The fraction of sp³-hybridized carbons (Fsp3) is 0.455. The zero-order valence-corrected chi connectivity index (χ0v) is 10.6. The Morgan fingerprint density at radius 3 is 2.76 bits per heavy atom. The van der Waals surface area contributed by atoms with Crippen LogP contribution in [0.3, 0.4) is 0 Å². The van der Waals surface area contributed by atoms with Gasteiger partial charge in [0.2, 0.25) is 10.0 Å². The standard InChI is InChI=1S/C11H18N2O3S/c1-9(10-4-2-5-11(14)8-10)13-6-3-7-17(12,15)16/h2,4-5,8-9,13-14H,3,6-7H2,1H3,(H2,12,15,16). The summed E-state index contributed by atoms with van der Waals surface area (Å²) in [5.74, 6) is 0.202. The van der Waals surface area contributed by atoms with Gasteiger partial charge in [0, 0.05) is 6.04 Å². The average molecular weight is 258 g/mol. The number of phenolic OH excluding ortho intramolecular Hbond substituents is 1. The number of sulfonamides is 1. The van der Waals surface area contributed by atoms with Gasteiger partial charge in [-0.25, -0.2) is 13.6 Å². The molecule has 6 heteroatoms. The molecular formula is C11H18N2O3S. The van der Waals surface area contributed by atoms with Crippen molar-refractivity contribution in [1.29, 1.82) is 0 Å². The van der Waals surface area contributed by atoms with Gasteiger partial charge in [0.05, 0.1) is 5.75 Å². The zero-order valence-electron chi connectivity index (χ0n) is 9.76. The van der Waals surface area contributed by atoms with Crippen molar-refractivity contribution in [1.82, 2.24) is 5.32 Å². The first-order chi connectivity index (χ1) is 7.88. The Labute approximate surface area is 102 Å². The third kappa shape index (κ3) is 5.67. The lowest BCUT2D eigenvalue weighted by Gasteiger charge is -2.14. The van der Waals surface area contributed by atoms with E-state index in [2.05, 4.69) is 5.32 Å². The highest BCUT2D eigenvalue weighted by Crippen LogP contribution is 2.17. The van der Waals surface area contributed by atoms with Crippen LogP contribution in [0, 0.1) is 0 Å². The van der Waals surface area contributed by atoms with Crippen molar-refractivity contribution >= 4 is 10.0 Å². The molecule has 17 heavy (non-hydrogen) atoms. The second-order valence-electron chi connectivity index (χ2n) is 3.99. The minimum atomic E-state index is -3.37. The molecule has 1 aromatic rings. The van der Waals surface area contributed by atoms with Crippen molar-refractivity contribution in [2.75, 3.05) is 12.3 Å². The predicted octanol–water partition coefficient (Wildman–Crippen LogP) is 0.721. The van der Waals surface area contributed by atoms with E-state index < -0.39 is 10.0 Å². The Balaban J connectivity index is 2.38. The van der Waals surface area contributed by atoms with Gasteiger partial charge in [-0.15, -0.1) is 0 Å². The van der Waals surface area contributed by atoms with Crippen LogP contribution in [0.2, 0.25) is 0 Å². The zero-order chi connectivity index (χ0) is 12.9. The molecule has 0 bridgehead atoms. The largest absolute Gasteiger partial charge is 0.508 e. The number of primary sulfonamides is 1. The van der Waals surface area contributed by atoms with Gasteiger partial charge in [-0.1, -0.05) is 12.1 Å². The van der Waals surface area contributed by atoms with Gasteiger partial charge in [0.25, 0.3) is 0 Å². The summed E-state index contributed by atoms with van der Waals surface area (Å²) in [6.07, 6.45) is 0.474. The van der Waals surface area contributed by atoms with Gasteiger partial charge in [-0.3, -0.25) is 0 Å². The fourth-order valence-corrected chi connectivity index (χ4v) is 2.05. The maximum absolute atomic E-state index is 10.7. The first kappa shape index (κ1) is 14.0. The lowest BCUT2D eigenvalue weighted by molar-refractivity contribution is 0.472. The van der Waals surface area contributed by atoms with Gasteiger partial charge in [-0.05, 0) is 37.6 Å². The number of benzene rings is 1. The first-order valence-electron chi connectivity index (χ1n) is 5.41. The molecule has 0 radical (unpaired) electrons. The Morgan fingerprint density at radius 2 is 2.18 bits per heavy atom. The van der Waals surface area contributed by atoms with Crippen LogP contribution in [-0.4, -0.2) is 25.8 Å². The Morgan fingerprint density at radius 1 is 1.47 bits per heavy atom. The van der Waals surface area contributed by atoms with E-state index in [0.29, 0.717) is 13.0 Å². The number of nitrogens with two attached hydrogens (primary N) is 1. The normalized spacial score (nSPS) is 13.5. The second kappa shape index (κ2) is 6.00. The molecule has 0 aliphatic rings. The molecule has 0 fully saturated rings. The Kier molecular flexibility index (Phi) is 4.92. The summed E-state index contributed by atoms with van der Waals surface area (Å²) >= 11 is 0. The molecule has 0 heterocycles. The maximum Gasteiger partial charge on any atom is 0.209 e. The minimum absolute atomic E-state index is 0.0211. The highest BCUT2D eigenvalue weighted by Gasteiger charge is 2.06. The quantitative estimate of drug-likeness (QED) is 0.656. The van der Waals surface area contributed by atoms with Crippen LogP contribution in [0.4, 0.5) is 0 Å². The van der Waals surface area contributed by atoms with Crippen molar-refractivity contribution in [3.05, 3.63) is 29.8 Å². The molecule has 5 nitrogen and oxygen atoms in total. The van der Waals surface area contributed by atoms with Crippen molar-refractivity contribution in [3.63, 3.8) is 0 Å². The van der Waals surface area contributed by atoms with E-state index >= 15 is 0 Å². The summed E-state index contributed by atoms with van der Waals surface area (Å²) < 4.78 is 21.4. The van der Waals surface area contributed by atoms with Gasteiger partial charge in [0.1, 0.15) is 5.75 Å². The van der Waals surface area contributed by atoms with E-state index in [1.165, 1.54) is 0 Å². The molecule has 1 aromatic carbocycles. The number of nitrogens with one attached hydrogen (secondary N) is 1. The third-order valence-electron chi connectivity index (χ3n) is 2.43. The first-order valence-corrected chi connectivity index (χ1v) is 7.13. The van der Waals surface area contributed by atoms with Crippen LogP contribution in [0.1, 0.15) is 24.9 Å². The molecule has 0 saturated carbocycles. The second-order valence-corrected chi connectivity index (χ2v) is 5.73. The summed E-state index contributed by atoms with van der Waals surface area (Å²) in [5, 5.41) is 17.4. The summed E-state index contributed by atoms with van der Waals surface area (Å²) in [6.45, 7) is 2.51. The number of hydrogen-bond donors (Lipinski definition) is 3. The van der Waals surface area contributed by atoms with Gasteiger partial charge in [-0.2, -0.15) is 0 Å². The van der Waals surface area contributed by atoms with Gasteiger partial charge in [0.15, 0.2) is 0 Å². The molecule has 96 valence electrons. The van der Waals surface area contributed by atoms with E-state index in [1.54, 1.807) is 18.2 Å². The monoisotopic (exact) mass is 258 g/mol. The molecule has 0 aromatic heterocycles. The molecule has 0 aliphatic heterocycles. The number of hydrogen-bond acceptors (Lipinski definition) is 4. The summed E-state index contributed by atoms with van der Waals surface area (Å²) in [6, 6.07) is 7.02. The minimum Gasteiger partial charge on any atom is -0.508 e. The highest BCUT2D eigenvalue weighted by molar-refractivity contribution is 7.89. The van der Waals surface area contributed by atoms with Crippen LogP contribution >= 0.6 is 0 Å². The van der Waals surface area contributed by atoms with Crippen LogP contribution in [-0.2, 0) is 10.0 Å². The molecule has 0 saturated heterocycles. The van der Waals surface area contributed by atoms with Crippen molar-refractivity contribution in [2.24, 2.45) is 5.14 Å². The topological polar surface area (TPSA) is 92.4 Å². The van der Waals surface area contributed by atoms with Crippen LogP contribution in [0.5, 0.6) is 5.75 Å². The van der Waals surface area contributed by atoms with Crippen molar-refractivity contribution < 1.29 is 13.5 Å². The highest BCUT2D eigenvalue weighted by atomic mass is 32.2. The van der Waals surface area contributed by atoms with E-state index in [-0.39, 0.29) is 17.5 Å². The van der Waals surface area contributed by atoms with Crippen molar-refractivity contribution in [2.45, 2.75) is 19.4 Å². The number of rotatable bonds is 6. The molecule has 0 amide bonds. The summed E-state index contributed by atoms with van der Waals surface area (Å²) in [5.41, 5.74) is 0.959. The molecule has 4 N–H and O–H groups in total. The molecular weight excluding hydrogens is 240 g/mol. The maximum atomic E-state index is 10.7. The smallest absolute Gasteiger partial charge is 0.209 e. The van der Waals surface area contributed by atoms with Crippen LogP contribution in [0.15, 0.2) is 24.3 Å². The predicted molar refractivity (Wildman–Crippen MR) is 67.1 cm³/mol.